The number of carboxylic acid groups (broad SMARTS) is 1. The first-order valence-electron chi connectivity index (χ1n) is 5.94. The normalized spacial score (nSPS) is 13.4. The summed E-state index contributed by atoms with van der Waals surface area (Å²) in [7, 11) is -4.18. The van der Waals surface area contributed by atoms with Crippen LogP contribution in [0.25, 0.3) is 0 Å². The van der Waals surface area contributed by atoms with Crippen LogP contribution in [0.5, 0.6) is 0 Å². The maximum atomic E-state index is 12.3. The summed E-state index contributed by atoms with van der Waals surface area (Å²) < 4.78 is 26.7. The maximum Gasteiger partial charge on any atom is 0.321 e. The van der Waals surface area contributed by atoms with Gasteiger partial charge in [-0.05, 0) is 24.5 Å². The molecule has 0 aromatic heterocycles. The van der Waals surface area contributed by atoms with E-state index < -0.39 is 22.0 Å². The van der Waals surface area contributed by atoms with Crippen LogP contribution in [-0.2, 0) is 14.8 Å². The van der Waals surface area contributed by atoms with Gasteiger partial charge in [0.15, 0.2) is 0 Å². The third kappa shape index (κ3) is 5.00. The average molecular weight is 375 g/mol. The van der Waals surface area contributed by atoms with Gasteiger partial charge in [0.1, 0.15) is 10.9 Å². The highest BCUT2D eigenvalue weighted by atomic mass is 35.5. The molecule has 0 radical (unpaired) electrons. The highest BCUT2D eigenvalue weighted by Crippen LogP contribution is 2.32. The van der Waals surface area contributed by atoms with Gasteiger partial charge in [0.25, 0.3) is 0 Å². The molecule has 0 spiro atoms. The third-order valence-corrected chi connectivity index (χ3v) is 5.15. The summed E-state index contributed by atoms with van der Waals surface area (Å²) >= 11 is 17.4. The van der Waals surface area contributed by atoms with Crippen molar-refractivity contribution in [3.63, 3.8) is 0 Å². The Kier molecular flexibility index (Phi) is 6.31. The van der Waals surface area contributed by atoms with Crippen LogP contribution in [0.15, 0.2) is 17.0 Å². The van der Waals surface area contributed by atoms with Gasteiger partial charge in [0.2, 0.25) is 10.0 Å². The van der Waals surface area contributed by atoms with Gasteiger partial charge in [0, 0.05) is 5.02 Å². The Morgan fingerprint density at radius 2 is 1.71 bits per heavy atom. The van der Waals surface area contributed by atoms with Gasteiger partial charge in [-0.25, -0.2) is 8.42 Å². The zero-order valence-corrected chi connectivity index (χ0v) is 14.3. The monoisotopic (exact) mass is 373 g/mol. The standard InChI is InChI=1S/C12H14Cl3NO4S/c1-6(2)3-10(12(17)18)16-21(19,20)11-8(14)4-7(13)5-9(11)15/h4-6,10,16H,3H2,1-2H3,(H,17,18)/t10-/m1/s1. The Hall–Kier alpha value is -0.530. The molecule has 0 aliphatic heterocycles. The first-order valence-corrected chi connectivity index (χ1v) is 8.56. The van der Waals surface area contributed by atoms with Crippen molar-refractivity contribution in [3.05, 3.63) is 27.2 Å². The second-order valence-corrected chi connectivity index (χ2v) is 7.74. The maximum absolute atomic E-state index is 12.3. The molecule has 0 saturated heterocycles. The van der Waals surface area contributed by atoms with E-state index >= 15 is 0 Å². The van der Waals surface area contributed by atoms with Gasteiger partial charge < -0.3 is 5.11 Å². The molecule has 1 aromatic rings. The van der Waals surface area contributed by atoms with Gasteiger partial charge in [0.05, 0.1) is 10.0 Å². The van der Waals surface area contributed by atoms with Gasteiger partial charge >= 0.3 is 5.97 Å². The smallest absolute Gasteiger partial charge is 0.321 e. The van der Waals surface area contributed by atoms with E-state index in [2.05, 4.69) is 4.72 Å². The predicted molar refractivity (Wildman–Crippen MR) is 82.7 cm³/mol. The van der Waals surface area contributed by atoms with E-state index in [0.717, 1.165) is 0 Å². The molecule has 5 nitrogen and oxygen atoms in total. The lowest BCUT2D eigenvalue weighted by atomic mass is 10.1. The van der Waals surface area contributed by atoms with E-state index in [1.807, 2.05) is 0 Å². The fraction of sp³-hybridized carbons (Fsp3) is 0.417. The molecule has 2 N–H and O–H groups in total. The molecular formula is C12H14Cl3NO4S. The second-order valence-electron chi connectivity index (χ2n) is 4.84. The molecule has 0 fully saturated rings. The lowest BCUT2D eigenvalue weighted by molar-refractivity contribution is -0.139. The number of sulfonamides is 1. The van der Waals surface area contributed by atoms with Crippen molar-refractivity contribution in [2.24, 2.45) is 5.92 Å². The summed E-state index contributed by atoms with van der Waals surface area (Å²) in [5.41, 5.74) is 0. The Labute approximate surface area is 138 Å². The molecule has 9 heteroatoms. The van der Waals surface area contributed by atoms with Crippen molar-refractivity contribution in [1.29, 1.82) is 0 Å². The zero-order chi connectivity index (χ0) is 16.4. The van der Waals surface area contributed by atoms with Crippen LogP contribution < -0.4 is 4.72 Å². The SMILES string of the molecule is CC(C)C[C@@H](NS(=O)(=O)c1c(Cl)cc(Cl)cc1Cl)C(=O)O. The largest absolute Gasteiger partial charge is 0.480 e. The molecule has 0 heterocycles. The molecule has 21 heavy (non-hydrogen) atoms. The fourth-order valence-electron chi connectivity index (χ4n) is 1.70. The van der Waals surface area contributed by atoms with Crippen LogP contribution in [0.4, 0.5) is 0 Å². The Balaban J connectivity index is 3.20. The van der Waals surface area contributed by atoms with Crippen LogP contribution in [0, 0.1) is 5.92 Å². The number of benzene rings is 1. The third-order valence-electron chi connectivity index (χ3n) is 2.53. The summed E-state index contributed by atoms with van der Waals surface area (Å²) in [5, 5.41) is 8.94. The molecule has 118 valence electrons. The van der Waals surface area contributed by atoms with Gasteiger partial charge in [-0.2, -0.15) is 4.72 Å². The minimum Gasteiger partial charge on any atom is -0.480 e. The van der Waals surface area contributed by atoms with E-state index in [9.17, 15) is 13.2 Å². The number of nitrogens with one attached hydrogen (secondary N) is 1. The van der Waals surface area contributed by atoms with E-state index in [-0.39, 0.29) is 32.3 Å². The summed E-state index contributed by atoms with van der Waals surface area (Å²) in [6.07, 6.45) is 0.136. The van der Waals surface area contributed by atoms with Gasteiger partial charge in [-0.15, -0.1) is 0 Å². The Morgan fingerprint density at radius 3 is 2.10 bits per heavy atom. The first-order chi connectivity index (χ1) is 9.54. The summed E-state index contributed by atoms with van der Waals surface area (Å²) in [4.78, 5) is 10.8. The molecule has 0 bridgehead atoms. The van der Waals surface area contributed by atoms with Crippen LogP contribution in [-0.4, -0.2) is 25.5 Å². The molecule has 1 aromatic carbocycles. The number of rotatable bonds is 6. The fourth-order valence-corrected chi connectivity index (χ4v) is 4.45. The second kappa shape index (κ2) is 7.15. The average Bonchev–Trinajstić information content (AvgIpc) is 2.24. The number of carbonyl (C=O) groups is 1. The van der Waals surface area contributed by atoms with Crippen LogP contribution in [0.2, 0.25) is 15.1 Å². The molecule has 0 unspecified atom stereocenters. The van der Waals surface area contributed by atoms with Crippen LogP contribution >= 0.6 is 34.8 Å². The molecule has 0 aliphatic rings. The Bertz CT molecular complexity index is 623. The first kappa shape index (κ1) is 18.5. The van der Waals surface area contributed by atoms with Crippen molar-refractivity contribution in [1.82, 2.24) is 4.72 Å². The van der Waals surface area contributed by atoms with E-state index in [1.165, 1.54) is 12.1 Å². The molecule has 0 saturated carbocycles. The van der Waals surface area contributed by atoms with Gasteiger partial charge in [-0.3, -0.25) is 4.79 Å². The summed E-state index contributed by atoms with van der Waals surface area (Å²) in [5.74, 6) is -1.28. The van der Waals surface area contributed by atoms with Crippen LogP contribution in [0.3, 0.4) is 0 Å². The van der Waals surface area contributed by atoms with Crippen molar-refractivity contribution in [2.75, 3.05) is 0 Å². The van der Waals surface area contributed by atoms with Crippen molar-refractivity contribution in [2.45, 2.75) is 31.2 Å². The van der Waals surface area contributed by atoms with Gasteiger partial charge in [-0.1, -0.05) is 48.7 Å². The molecule has 0 amide bonds. The van der Waals surface area contributed by atoms with E-state index in [4.69, 9.17) is 39.9 Å². The summed E-state index contributed by atoms with van der Waals surface area (Å²) in [6.45, 7) is 3.57. The number of hydrogen-bond acceptors (Lipinski definition) is 3. The topological polar surface area (TPSA) is 83.5 Å². The number of carboxylic acids is 1. The Morgan fingerprint density at radius 1 is 1.24 bits per heavy atom. The van der Waals surface area contributed by atoms with Crippen molar-refractivity contribution >= 4 is 50.8 Å². The molecule has 1 rings (SSSR count). The van der Waals surface area contributed by atoms with E-state index in [1.54, 1.807) is 13.8 Å². The minimum atomic E-state index is -4.18. The zero-order valence-electron chi connectivity index (χ0n) is 11.2. The predicted octanol–water partition coefficient (Wildman–Crippen LogP) is 3.42. The van der Waals surface area contributed by atoms with E-state index in [0.29, 0.717) is 0 Å². The van der Waals surface area contributed by atoms with Crippen LogP contribution in [0.1, 0.15) is 20.3 Å². The number of aliphatic carboxylic acids is 1. The highest BCUT2D eigenvalue weighted by Gasteiger charge is 2.29. The lowest BCUT2D eigenvalue weighted by Gasteiger charge is -2.17. The summed E-state index contributed by atoms with van der Waals surface area (Å²) in [6, 6.07) is 1.18. The highest BCUT2D eigenvalue weighted by molar-refractivity contribution is 7.89. The molecule has 0 aliphatic carbocycles. The number of halogens is 3. The number of hydrogen-bond donors (Lipinski definition) is 2. The van der Waals surface area contributed by atoms with Crippen molar-refractivity contribution < 1.29 is 18.3 Å². The molecular weight excluding hydrogens is 361 g/mol. The lowest BCUT2D eigenvalue weighted by Crippen LogP contribution is -2.41. The minimum absolute atomic E-state index is 0.00929. The molecule has 1 atom stereocenters. The van der Waals surface area contributed by atoms with Crippen molar-refractivity contribution in [3.8, 4) is 0 Å². The quantitative estimate of drug-likeness (QED) is 0.799.